The van der Waals surface area contributed by atoms with Gasteiger partial charge in [-0.05, 0) is 22.9 Å². The van der Waals surface area contributed by atoms with E-state index in [0.717, 1.165) is 22.0 Å². The Labute approximate surface area is 122 Å². The van der Waals surface area contributed by atoms with Crippen LogP contribution in [0.25, 0.3) is 10.8 Å². The summed E-state index contributed by atoms with van der Waals surface area (Å²) in [6.07, 6.45) is 0. The number of carbonyl (C=O) groups excluding carboxylic acids is 1. The van der Waals surface area contributed by atoms with Crippen LogP contribution in [0.2, 0.25) is 0 Å². The van der Waals surface area contributed by atoms with Crippen LogP contribution in [-0.2, 0) is 0 Å². The van der Waals surface area contributed by atoms with Gasteiger partial charge in [-0.15, -0.1) is 0 Å². The zero-order valence-electron chi connectivity index (χ0n) is 11.2. The predicted octanol–water partition coefficient (Wildman–Crippen LogP) is 4.86. The Morgan fingerprint density at radius 2 is 1.62 bits per heavy atom. The number of hydrogen-bond acceptors (Lipinski definition) is 3. The zero-order valence-corrected chi connectivity index (χ0v) is 11.2. The van der Waals surface area contributed by atoms with E-state index >= 15 is 0 Å². The Bertz CT molecular complexity index is 883. The molecular weight excluding hydrogens is 260 g/mol. The summed E-state index contributed by atoms with van der Waals surface area (Å²) in [4.78, 5) is 12.7. The van der Waals surface area contributed by atoms with Gasteiger partial charge in [-0.1, -0.05) is 54.6 Å². The molecular formula is C18H12N2O. The van der Waals surface area contributed by atoms with Gasteiger partial charge in [-0.25, -0.2) is 0 Å². The Hall–Kier alpha value is -2.81. The molecule has 0 amide bonds. The van der Waals surface area contributed by atoms with E-state index < -0.39 is 6.04 Å². The van der Waals surface area contributed by atoms with E-state index in [1.165, 1.54) is 0 Å². The van der Waals surface area contributed by atoms with Crippen LogP contribution in [0.15, 0.2) is 77.0 Å². The summed E-state index contributed by atoms with van der Waals surface area (Å²) in [6, 6.07) is 20.9. The Balaban J connectivity index is 1.76. The Kier molecular flexibility index (Phi) is 2.64. The average molecular weight is 272 g/mol. The average Bonchev–Trinajstić information content (AvgIpc) is 2.98. The molecule has 1 unspecified atom stereocenters. The lowest BCUT2D eigenvalue weighted by Crippen LogP contribution is -2.08. The van der Waals surface area contributed by atoms with Gasteiger partial charge in [0, 0.05) is 11.1 Å². The van der Waals surface area contributed by atoms with Gasteiger partial charge in [0.05, 0.1) is 5.69 Å². The molecule has 1 aliphatic rings. The molecule has 0 bridgehead atoms. The highest BCUT2D eigenvalue weighted by molar-refractivity contribution is 6.04. The van der Waals surface area contributed by atoms with Crippen molar-refractivity contribution in [3.63, 3.8) is 0 Å². The van der Waals surface area contributed by atoms with E-state index in [9.17, 15) is 4.79 Å². The first-order chi connectivity index (χ1) is 10.3. The van der Waals surface area contributed by atoms with Crippen molar-refractivity contribution in [3.05, 3.63) is 77.9 Å². The maximum Gasteiger partial charge on any atom is 0.193 e. The third-order valence-corrected chi connectivity index (χ3v) is 3.79. The van der Waals surface area contributed by atoms with Gasteiger partial charge in [0.1, 0.15) is 0 Å². The molecule has 0 aromatic heterocycles. The van der Waals surface area contributed by atoms with Crippen LogP contribution in [0.3, 0.4) is 0 Å². The quantitative estimate of drug-likeness (QED) is 0.614. The molecule has 100 valence electrons. The van der Waals surface area contributed by atoms with Crippen molar-refractivity contribution in [3.8, 4) is 0 Å². The second kappa shape index (κ2) is 4.63. The van der Waals surface area contributed by atoms with E-state index in [-0.39, 0.29) is 5.78 Å². The number of Topliss-reactive ketones (excluding diaryl/α,β-unsaturated/α-hetero) is 1. The molecule has 3 aromatic rings. The largest absolute Gasteiger partial charge is 0.291 e. The minimum absolute atomic E-state index is 0.00514. The molecule has 3 heteroatoms. The zero-order chi connectivity index (χ0) is 14.2. The van der Waals surface area contributed by atoms with Crippen LogP contribution in [0.1, 0.15) is 22.0 Å². The molecule has 3 nitrogen and oxygen atoms in total. The minimum atomic E-state index is -0.512. The van der Waals surface area contributed by atoms with Crippen LogP contribution in [0.4, 0.5) is 5.69 Å². The van der Waals surface area contributed by atoms with Gasteiger partial charge >= 0.3 is 0 Å². The molecule has 3 aromatic carbocycles. The molecule has 0 aliphatic carbocycles. The lowest BCUT2D eigenvalue weighted by atomic mass is 9.96. The fourth-order valence-electron chi connectivity index (χ4n) is 2.69. The molecule has 1 atom stereocenters. The van der Waals surface area contributed by atoms with Crippen molar-refractivity contribution < 1.29 is 4.79 Å². The van der Waals surface area contributed by atoms with Crippen LogP contribution >= 0.6 is 0 Å². The lowest BCUT2D eigenvalue weighted by molar-refractivity contribution is 0.0962. The first kappa shape index (κ1) is 12.0. The van der Waals surface area contributed by atoms with Crippen molar-refractivity contribution in [2.75, 3.05) is 0 Å². The van der Waals surface area contributed by atoms with Crippen LogP contribution < -0.4 is 0 Å². The number of hydrogen-bond donors (Lipinski definition) is 0. The van der Waals surface area contributed by atoms with Gasteiger partial charge in [0.15, 0.2) is 11.8 Å². The Morgan fingerprint density at radius 1 is 0.857 bits per heavy atom. The highest BCUT2D eigenvalue weighted by Gasteiger charge is 2.28. The third-order valence-electron chi connectivity index (χ3n) is 3.79. The molecule has 0 fully saturated rings. The van der Waals surface area contributed by atoms with Gasteiger partial charge in [-0.2, -0.15) is 10.2 Å². The molecule has 21 heavy (non-hydrogen) atoms. The number of benzene rings is 3. The smallest absolute Gasteiger partial charge is 0.193 e. The number of fused-ring (bicyclic) bond motifs is 2. The van der Waals surface area contributed by atoms with Gasteiger partial charge < -0.3 is 0 Å². The maximum absolute atomic E-state index is 12.7. The summed E-state index contributed by atoms with van der Waals surface area (Å²) in [7, 11) is 0. The fourth-order valence-corrected chi connectivity index (χ4v) is 2.69. The van der Waals surface area contributed by atoms with E-state index in [0.29, 0.717) is 5.56 Å². The SMILES string of the molecule is O=C(c1ccc2ccccc2c1)C1N=Nc2ccccc21. The second-order valence-corrected chi connectivity index (χ2v) is 5.10. The monoisotopic (exact) mass is 272 g/mol. The first-order valence-electron chi connectivity index (χ1n) is 6.86. The first-order valence-corrected chi connectivity index (χ1v) is 6.86. The molecule has 1 aliphatic heterocycles. The summed E-state index contributed by atoms with van der Waals surface area (Å²) in [5.74, 6) is -0.00514. The highest BCUT2D eigenvalue weighted by atomic mass is 16.1. The van der Waals surface area contributed by atoms with Crippen LogP contribution in [-0.4, -0.2) is 5.78 Å². The van der Waals surface area contributed by atoms with E-state index in [2.05, 4.69) is 10.2 Å². The molecule has 4 rings (SSSR count). The summed E-state index contributed by atoms with van der Waals surface area (Å²) in [5.41, 5.74) is 2.35. The van der Waals surface area contributed by atoms with Crippen molar-refractivity contribution in [2.45, 2.75) is 6.04 Å². The molecule has 0 N–H and O–H groups in total. The summed E-state index contributed by atoms with van der Waals surface area (Å²) in [5, 5.41) is 10.4. The van der Waals surface area contributed by atoms with Gasteiger partial charge in [0.2, 0.25) is 0 Å². The fraction of sp³-hybridized carbons (Fsp3) is 0.0556. The van der Waals surface area contributed by atoms with Crippen molar-refractivity contribution >= 4 is 22.2 Å². The number of nitrogens with zero attached hydrogens (tertiary/aromatic N) is 2. The van der Waals surface area contributed by atoms with E-state index in [1.54, 1.807) is 0 Å². The van der Waals surface area contributed by atoms with E-state index in [1.807, 2.05) is 66.7 Å². The topological polar surface area (TPSA) is 41.8 Å². The van der Waals surface area contributed by atoms with Crippen LogP contribution in [0.5, 0.6) is 0 Å². The summed E-state index contributed by atoms with van der Waals surface area (Å²) < 4.78 is 0. The lowest BCUT2D eigenvalue weighted by Gasteiger charge is -2.08. The van der Waals surface area contributed by atoms with Crippen LogP contribution in [0, 0.1) is 0 Å². The maximum atomic E-state index is 12.7. The summed E-state index contributed by atoms with van der Waals surface area (Å²) in [6.45, 7) is 0. The van der Waals surface area contributed by atoms with Crippen molar-refractivity contribution in [2.24, 2.45) is 10.2 Å². The predicted molar refractivity (Wildman–Crippen MR) is 82.0 cm³/mol. The molecule has 0 radical (unpaired) electrons. The molecule has 0 saturated carbocycles. The third kappa shape index (κ3) is 1.94. The number of azo groups is 1. The van der Waals surface area contributed by atoms with Crippen molar-refractivity contribution in [1.82, 2.24) is 0 Å². The minimum Gasteiger partial charge on any atom is -0.291 e. The standard InChI is InChI=1S/C18H12N2O/c21-18(17-15-7-3-4-8-16(15)19-20-17)14-10-9-12-5-1-2-6-13(12)11-14/h1-11,17H. The molecule has 0 saturated heterocycles. The second-order valence-electron chi connectivity index (χ2n) is 5.10. The summed E-state index contributed by atoms with van der Waals surface area (Å²) >= 11 is 0. The normalized spacial score (nSPS) is 16.1. The Morgan fingerprint density at radius 3 is 2.52 bits per heavy atom. The van der Waals surface area contributed by atoms with Gasteiger partial charge in [0.25, 0.3) is 0 Å². The number of rotatable bonds is 2. The molecule has 0 spiro atoms. The van der Waals surface area contributed by atoms with Crippen molar-refractivity contribution in [1.29, 1.82) is 0 Å². The van der Waals surface area contributed by atoms with Gasteiger partial charge in [-0.3, -0.25) is 4.79 Å². The van der Waals surface area contributed by atoms with E-state index in [4.69, 9.17) is 0 Å². The highest BCUT2D eigenvalue weighted by Crippen LogP contribution is 2.37. The molecule has 1 heterocycles. The number of ketones is 1. The number of carbonyl (C=O) groups is 1.